The molecule has 0 fully saturated rings. The van der Waals surface area contributed by atoms with Crippen molar-refractivity contribution in [2.75, 3.05) is 33.4 Å². The Morgan fingerprint density at radius 3 is 1.64 bits per heavy atom. The maximum Gasteiger partial charge on any atom is 0.472 e. The summed E-state index contributed by atoms with van der Waals surface area (Å²) in [5.74, 6) is -0.834. The summed E-state index contributed by atoms with van der Waals surface area (Å²) < 4.78 is 33.1. The van der Waals surface area contributed by atoms with E-state index in [0.29, 0.717) is 13.0 Å². The molecule has 0 bridgehead atoms. The van der Waals surface area contributed by atoms with Crippen molar-refractivity contribution in [2.24, 2.45) is 0 Å². The third kappa shape index (κ3) is 36.0. The van der Waals surface area contributed by atoms with Crippen LogP contribution in [0.4, 0.5) is 0 Å². The lowest BCUT2D eigenvalue weighted by Crippen LogP contribution is -2.29. The van der Waals surface area contributed by atoms with Crippen LogP contribution in [0.3, 0.4) is 0 Å². The zero-order valence-corrected chi connectivity index (χ0v) is 33.0. The Kier molecular flexibility index (Phi) is 35.7. The van der Waals surface area contributed by atoms with E-state index >= 15 is 0 Å². The molecule has 0 radical (unpaired) electrons. The first-order valence-corrected chi connectivity index (χ1v) is 21.4. The van der Waals surface area contributed by atoms with Crippen LogP contribution in [-0.2, 0) is 32.7 Å². The smallest absolute Gasteiger partial charge is 0.462 e. The van der Waals surface area contributed by atoms with Gasteiger partial charge in [-0.15, -0.1) is 0 Å². The van der Waals surface area contributed by atoms with E-state index in [-0.39, 0.29) is 32.0 Å². The average molecular weight is 728 g/mol. The van der Waals surface area contributed by atoms with E-state index in [9.17, 15) is 19.0 Å². The van der Waals surface area contributed by atoms with E-state index in [1.54, 1.807) is 7.05 Å². The fourth-order valence-electron chi connectivity index (χ4n) is 5.16. The van der Waals surface area contributed by atoms with Crippen molar-refractivity contribution in [3.05, 3.63) is 36.5 Å². The molecule has 292 valence electrons. The van der Waals surface area contributed by atoms with Gasteiger partial charge in [0.2, 0.25) is 0 Å². The van der Waals surface area contributed by atoms with Crippen molar-refractivity contribution in [1.29, 1.82) is 0 Å². The fourth-order valence-corrected chi connectivity index (χ4v) is 5.92. The number of carbonyl (C=O) groups is 2. The SMILES string of the molecule is CCCCC/C=C\C/C=C\CCCCCCCC(=O)OC(COC(=O)CCCCCCC/C=C\CCCCCC)COP(=O)(O)OCCNC. The molecule has 0 aliphatic heterocycles. The van der Waals surface area contributed by atoms with E-state index in [1.165, 1.54) is 57.8 Å². The first-order chi connectivity index (χ1) is 24.3. The minimum atomic E-state index is -4.35. The van der Waals surface area contributed by atoms with Crippen LogP contribution in [0, 0.1) is 0 Å². The highest BCUT2D eigenvalue weighted by Gasteiger charge is 2.26. The molecule has 9 nitrogen and oxygen atoms in total. The fraction of sp³-hybridized carbons (Fsp3) is 0.800. The van der Waals surface area contributed by atoms with Crippen molar-refractivity contribution in [3.63, 3.8) is 0 Å². The number of carbonyl (C=O) groups excluding carboxylic acids is 2. The molecule has 0 aromatic rings. The van der Waals surface area contributed by atoms with Crippen LogP contribution in [-0.4, -0.2) is 56.3 Å². The quantitative estimate of drug-likeness (QED) is 0.0279. The van der Waals surface area contributed by atoms with Crippen LogP contribution in [0.2, 0.25) is 0 Å². The summed E-state index contributed by atoms with van der Waals surface area (Å²) in [6.07, 6.45) is 37.5. The average Bonchev–Trinajstić information content (AvgIpc) is 3.09. The number of rotatable bonds is 37. The molecule has 0 heterocycles. The van der Waals surface area contributed by atoms with E-state index in [1.807, 2.05) is 0 Å². The maximum absolute atomic E-state index is 12.6. The number of ether oxygens (including phenoxy) is 2. The molecule has 50 heavy (non-hydrogen) atoms. The van der Waals surface area contributed by atoms with Crippen LogP contribution >= 0.6 is 7.82 Å². The molecule has 0 saturated heterocycles. The van der Waals surface area contributed by atoms with E-state index in [0.717, 1.165) is 77.0 Å². The van der Waals surface area contributed by atoms with Crippen LogP contribution in [0.25, 0.3) is 0 Å². The first kappa shape index (κ1) is 48.2. The van der Waals surface area contributed by atoms with Gasteiger partial charge in [-0.1, -0.05) is 121 Å². The molecular weight excluding hydrogens is 653 g/mol. The second-order valence-electron chi connectivity index (χ2n) is 13.1. The normalized spacial score (nSPS) is 13.8. The summed E-state index contributed by atoms with van der Waals surface area (Å²) in [7, 11) is -2.65. The molecular formula is C40H74NO8P. The lowest BCUT2D eigenvalue weighted by molar-refractivity contribution is -0.161. The van der Waals surface area contributed by atoms with Gasteiger partial charge in [-0.25, -0.2) is 4.57 Å². The number of unbranched alkanes of at least 4 members (excludes halogenated alkanes) is 17. The standard InChI is InChI=1S/C40H74NO8P/c1-4-6-8-10-12-14-16-18-19-21-23-25-27-29-31-33-40(43)49-38(37-48-50(44,45)47-35-34-41-3)36-46-39(42)32-30-28-26-24-22-20-17-15-13-11-9-7-5-2/h12,14-15,17-19,38,41H,4-11,13,16,20-37H2,1-3H3,(H,44,45)/b14-12-,17-15-,19-18-. The lowest BCUT2D eigenvalue weighted by Gasteiger charge is -2.20. The largest absolute Gasteiger partial charge is 0.472 e. The predicted molar refractivity (Wildman–Crippen MR) is 206 cm³/mol. The van der Waals surface area contributed by atoms with Crippen molar-refractivity contribution >= 4 is 19.8 Å². The topological polar surface area (TPSA) is 120 Å². The molecule has 0 aliphatic rings. The number of phosphoric ester groups is 1. The number of nitrogens with one attached hydrogen (secondary N) is 1. The minimum Gasteiger partial charge on any atom is -0.462 e. The second kappa shape index (κ2) is 37.0. The van der Waals surface area contributed by atoms with E-state index < -0.39 is 26.5 Å². The summed E-state index contributed by atoms with van der Waals surface area (Å²) in [5, 5.41) is 2.82. The molecule has 0 amide bonds. The second-order valence-corrected chi connectivity index (χ2v) is 14.6. The zero-order chi connectivity index (χ0) is 36.8. The van der Waals surface area contributed by atoms with Gasteiger partial charge in [0.25, 0.3) is 0 Å². The van der Waals surface area contributed by atoms with Crippen molar-refractivity contribution in [1.82, 2.24) is 5.32 Å². The first-order valence-electron chi connectivity index (χ1n) is 19.9. The number of allylic oxidation sites excluding steroid dienone is 6. The van der Waals surface area contributed by atoms with Crippen molar-refractivity contribution in [2.45, 2.75) is 174 Å². The van der Waals surface area contributed by atoms with Gasteiger partial charge < -0.3 is 19.7 Å². The Morgan fingerprint density at radius 1 is 0.620 bits per heavy atom. The monoisotopic (exact) mass is 728 g/mol. The van der Waals surface area contributed by atoms with Crippen LogP contribution in [0.5, 0.6) is 0 Å². The molecule has 2 unspecified atom stereocenters. The lowest BCUT2D eigenvalue weighted by atomic mass is 10.1. The van der Waals surface area contributed by atoms with E-state index in [4.69, 9.17) is 18.5 Å². The summed E-state index contributed by atoms with van der Waals surface area (Å²) >= 11 is 0. The highest BCUT2D eigenvalue weighted by Crippen LogP contribution is 2.43. The summed E-state index contributed by atoms with van der Waals surface area (Å²) in [6.45, 7) is 4.14. The summed E-state index contributed by atoms with van der Waals surface area (Å²) in [5.41, 5.74) is 0. The van der Waals surface area contributed by atoms with Crippen molar-refractivity contribution < 1.29 is 37.6 Å². The highest BCUT2D eigenvalue weighted by molar-refractivity contribution is 7.47. The molecule has 0 aromatic carbocycles. The molecule has 2 N–H and O–H groups in total. The third-order valence-corrected chi connectivity index (χ3v) is 9.22. The highest BCUT2D eigenvalue weighted by atomic mass is 31.2. The molecule has 10 heteroatoms. The number of hydrogen-bond donors (Lipinski definition) is 2. The molecule has 0 rings (SSSR count). The third-order valence-electron chi connectivity index (χ3n) is 8.23. The molecule has 0 aliphatic carbocycles. The van der Waals surface area contributed by atoms with Gasteiger partial charge in [-0.05, 0) is 77.7 Å². The van der Waals surface area contributed by atoms with Crippen molar-refractivity contribution in [3.8, 4) is 0 Å². The zero-order valence-electron chi connectivity index (χ0n) is 32.1. The Bertz CT molecular complexity index is 923. The Labute approximate surface area is 306 Å². The van der Waals surface area contributed by atoms with Gasteiger partial charge >= 0.3 is 19.8 Å². The van der Waals surface area contributed by atoms with Gasteiger partial charge in [-0.2, -0.15) is 0 Å². The van der Waals surface area contributed by atoms with E-state index in [2.05, 4.69) is 55.6 Å². The van der Waals surface area contributed by atoms with Gasteiger partial charge in [0.05, 0.1) is 13.2 Å². The van der Waals surface area contributed by atoms with Gasteiger partial charge in [0, 0.05) is 19.4 Å². The van der Waals surface area contributed by atoms with Gasteiger partial charge in [-0.3, -0.25) is 18.6 Å². The number of likely N-dealkylation sites (N-methyl/N-ethyl adjacent to an activating group) is 1. The number of hydrogen-bond acceptors (Lipinski definition) is 8. The Balaban J connectivity index is 4.32. The Morgan fingerprint density at radius 2 is 1.08 bits per heavy atom. The van der Waals surface area contributed by atoms with Crippen LogP contribution in [0.1, 0.15) is 168 Å². The maximum atomic E-state index is 12.6. The molecule has 2 atom stereocenters. The molecule has 0 saturated carbocycles. The van der Waals surface area contributed by atoms with Crippen LogP contribution < -0.4 is 5.32 Å². The summed E-state index contributed by atoms with van der Waals surface area (Å²) in [6, 6.07) is 0. The van der Waals surface area contributed by atoms with Gasteiger partial charge in [0.15, 0.2) is 6.10 Å². The molecule has 0 spiro atoms. The Hall–Kier alpha value is -1.77. The minimum absolute atomic E-state index is 0.0215. The summed E-state index contributed by atoms with van der Waals surface area (Å²) in [4.78, 5) is 34.9. The number of esters is 2. The predicted octanol–water partition coefficient (Wildman–Crippen LogP) is 10.9. The van der Waals surface area contributed by atoms with Gasteiger partial charge in [0.1, 0.15) is 6.61 Å². The number of phosphoric acid groups is 1. The molecule has 0 aromatic heterocycles. The van der Waals surface area contributed by atoms with Crippen LogP contribution in [0.15, 0.2) is 36.5 Å².